The average molecular weight is 197 g/mol. The molecule has 3 fully saturated rings. The zero-order valence-corrected chi connectivity index (χ0v) is 10.6. The number of piperidine rings is 1. The standard InChI is InChI=1S/C11H21N.C2H6/c1-4-12-10-5-9(8(2)3)6-11(12)7-10;1-2/h8-11H,4-7H2,1-3H3;1-2H3. The van der Waals surface area contributed by atoms with Crippen LogP contribution < -0.4 is 0 Å². The minimum absolute atomic E-state index is 0.911. The second-order valence-corrected chi connectivity index (χ2v) is 4.85. The van der Waals surface area contributed by atoms with Crippen molar-refractivity contribution in [2.75, 3.05) is 6.54 Å². The van der Waals surface area contributed by atoms with Crippen molar-refractivity contribution in [3.63, 3.8) is 0 Å². The number of nitrogens with zero attached hydrogens (tertiary/aromatic N) is 1. The highest BCUT2D eigenvalue weighted by atomic mass is 15.3. The molecular formula is C13H27N. The monoisotopic (exact) mass is 197 g/mol. The zero-order valence-electron chi connectivity index (χ0n) is 10.6. The molecule has 0 radical (unpaired) electrons. The Bertz CT molecular complexity index is 153. The van der Waals surface area contributed by atoms with Crippen molar-refractivity contribution in [3.8, 4) is 0 Å². The van der Waals surface area contributed by atoms with Gasteiger partial charge < -0.3 is 0 Å². The molecule has 1 heteroatoms. The maximum Gasteiger partial charge on any atom is 0.0116 e. The largest absolute Gasteiger partial charge is 0.298 e. The summed E-state index contributed by atoms with van der Waals surface area (Å²) in [5, 5.41) is 0. The van der Waals surface area contributed by atoms with Gasteiger partial charge in [-0.1, -0.05) is 34.6 Å². The molecule has 3 rings (SSSR count). The molecular weight excluding hydrogens is 170 g/mol. The van der Waals surface area contributed by atoms with E-state index in [4.69, 9.17) is 0 Å². The molecule has 3 aliphatic rings. The topological polar surface area (TPSA) is 3.24 Å². The zero-order chi connectivity index (χ0) is 10.7. The Labute approximate surface area is 89.9 Å². The number of rotatable bonds is 2. The number of hydrogen-bond acceptors (Lipinski definition) is 1. The van der Waals surface area contributed by atoms with E-state index in [9.17, 15) is 0 Å². The first-order valence-electron chi connectivity index (χ1n) is 6.48. The molecule has 2 saturated heterocycles. The number of hydrogen-bond donors (Lipinski definition) is 0. The van der Waals surface area contributed by atoms with Crippen LogP contribution in [0.3, 0.4) is 0 Å². The van der Waals surface area contributed by atoms with Crippen molar-refractivity contribution in [2.24, 2.45) is 11.8 Å². The highest BCUT2D eigenvalue weighted by Gasteiger charge is 2.44. The first-order valence-corrected chi connectivity index (χ1v) is 6.48. The summed E-state index contributed by atoms with van der Waals surface area (Å²) in [6.07, 6.45) is 4.45. The Morgan fingerprint density at radius 3 is 1.93 bits per heavy atom. The van der Waals surface area contributed by atoms with Crippen molar-refractivity contribution < 1.29 is 0 Å². The Balaban J connectivity index is 0.000000461. The fourth-order valence-corrected chi connectivity index (χ4v) is 3.06. The minimum atomic E-state index is 0.911. The van der Waals surface area contributed by atoms with Crippen molar-refractivity contribution in [1.82, 2.24) is 4.90 Å². The Morgan fingerprint density at radius 2 is 1.57 bits per heavy atom. The van der Waals surface area contributed by atoms with E-state index < -0.39 is 0 Å². The van der Waals surface area contributed by atoms with Crippen LogP contribution in [0.5, 0.6) is 0 Å². The molecule has 84 valence electrons. The van der Waals surface area contributed by atoms with Gasteiger partial charge in [0.2, 0.25) is 0 Å². The third-order valence-electron chi connectivity index (χ3n) is 3.94. The molecule has 2 atom stereocenters. The van der Waals surface area contributed by atoms with Crippen LogP contribution in [0.15, 0.2) is 0 Å². The van der Waals surface area contributed by atoms with E-state index in [1.807, 2.05) is 13.8 Å². The van der Waals surface area contributed by atoms with Gasteiger partial charge in [0.1, 0.15) is 0 Å². The highest BCUT2D eigenvalue weighted by Crippen LogP contribution is 2.43. The van der Waals surface area contributed by atoms with Gasteiger partial charge in [0.05, 0.1) is 0 Å². The van der Waals surface area contributed by atoms with Gasteiger partial charge in [-0.2, -0.15) is 0 Å². The molecule has 2 unspecified atom stereocenters. The maximum atomic E-state index is 2.69. The van der Waals surface area contributed by atoms with E-state index in [2.05, 4.69) is 25.7 Å². The second kappa shape index (κ2) is 5.16. The maximum absolute atomic E-state index is 2.69. The van der Waals surface area contributed by atoms with Gasteiger partial charge in [-0.3, -0.25) is 4.90 Å². The van der Waals surface area contributed by atoms with Gasteiger partial charge >= 0.3 is 0 Å². The fourth-order valence-electron chi connectivity index (χ4n) is 3.06. The van der Waals surface area contributed by atoms with Gasteiger partial charge in [0.15, 0.2) is 0 Å². The van der Waals surface area contributed by atoms with Crippen molar-refractivity contribution in [1.29, 1.82) is 0 Å². The molecule has 0 N–H and O–H groups in total. The summed E-state index contributed by atoms with van der Waals surface area (Å²) in [5.74, 6) is 1.94. The molecule has 0 spiro atoms. The van der Waals surface area contributed by atoms with Crippen LogP contribution >= 0.6 is 0 Å². The molecule has 0 amide bonds. The first kappa shape index (κ1) is 12.0. The number of fused-ring (bicyclic) bond motifs is 2. The van der Waals surface area contributed by atoms with E-state index >= 15 is 0 Å². The lowest BCUT2D eigenvalue weighted by molar-refractivity contribution is -0.0569. The van der Waals surface area contributed by atoms with E-state index in [-0.39, 0.29) is 0 Å². The quantitative estimate of drug-likeness (QED) is 0.654. The molecule has 1 aliphatic carbocycles. The van der Waals surface area contributed by atoms with Crippen LogP contribution in [0.25, 0.3) is 0 Å². The normalized spacial score (nSPS) is 36.0. The summed E-state index contributed by atoms with van der Waals surface area (Å²) >= 11 is 0. The van der Waals surface area contributed by atoms with Gasteiger partial charge in [0, 0.05) is 12.1 Å². The van der Waals surface area contributed by atoms with Crippen LogP contribution in [0.2, 0.25) is 0 Å². The van der Waals surface area contributed by atoms with Crippen molar-refractivity contribution in [3.05, 3.63) is 0 Å². The molecule has 2 heterocycles. The molecule has 2 aliphatic heterocycles. The van der Waals surface area contributed by atoms with Crippen LogP contribution in [0.4, 0.5) is 0 Å². The lowest BCUT2D eigenvalue weighted by atomic mass is 9.70. The smallest absolute Gasteiger partial charge is 0.0116 e. The second-order valence-electron chi connectivity index (χ2n) is 4.85. The summed E-state index contributed by atoms with van der Waals surface area (Å²) in [5.41, 5.74) is 0. The van der Waals surface area contributed by atoms with E-state index in [0.29, 0.717) is 0 Å². The molecule has 2 bridgehead atoms. The van der Waals surface area contributed by atoms with E-state index in [0.717, 1.165) is 23.9 Å². The molecule has 0 aromatic rings. The van der Waals surface area contributed by atoms with Crippen LogP contribution in [0.1, 0.15) is 53.9 Å². The Kier molecular flexibility index (Phi) is 4.43. The Morgan fingerprint density at radius 1 is 1.07 bits per heavy atom. The Hall–Kier alpha value is -0.0400. The minimum Gasteiger partial charge on any atom is -0.298 e. The summed E-state index contributed by atoms with van der Waals surface area (Å²) in [4.78, 5) is 2.69. The summed E-state index contributed by atoms with van der Waals surface area (Å²) in [7, 11) is 0. The molecule has 1 saturated carbocycles. The van der Waals surface area contributed by atoms with Gasteiger partial charge in [0.25, 0.3) is 0 Å². The average Bonchev–Trinajstić information content (AvgIpc) is 2.21. The molecule has 0 aromatic carbocycles. The molecule has 0 aromatic heterocycles. The predicted octanol–water partition coefficient (Wildman–Crippen LogP) is 3.54. The third kappa shape index (κ3) is 2.13. The SMILES string of the molecule is CC.CCN1C2CC(C(C)C)CC1C2. The fraction of sp³-hybridized carbons (Fsp3) is 1.00. The van der Waals surface area contributed by atoms with Crippen LogP contribution in [0, 0.1) is 11.8 Å². The third-order valence-corrected chi connectivity index (χ3v) is 3.94. The molecule has 14 heavy (non-hydrogen) atoms. The summed E-state index contributed by atoms with van der Waals surface area (Å²) in [6, 6.07) is 1.92. The van der Waals surface area contributed by atoms with Crippen molar-refractivity contribution >= 4 is 0 Å². The summed E-state index contributed by atoms with van der Waals surface area (Å²) < 4.78 is 0. The molecule has 1 nitrogen and oxygen atoms in total. The first-order chi connectivity index (χ1) is 6.72. The van der Waals surface area contributed by atoms with Crippen LogP contribution in [-0.4, -0.2) is 23.5 Å². The van der Waals surface area contributed by atoms with Gasteiger partial charge in [-0.15, -0.1) is 0 Å². The summed E-state index contributed by atoms with van der Waals surface area (Å²) in [6.45, 7) is 12.3. The lowest BCUT2D eigenvalue weighted by Gasteiger charge is -2.56. The van der Waals surface area contributed by atoms with Gasteiger partial charge in [-0.25, -0.2) is 0 Å². The van der Waals surface area contributed by atoms with Gasteiger partial charge in [-0.05, 0) is 37.6 Å². The predicted molar refractivity (Wildman–Crippen MR) is 63.5 cm³/mol. The van der Waals surface area contributed by atoms with E-state index in [1.54, 1.807) is 0 Å². The van der Waals surface area contributed by atoms with Crippen LogP contribution in [-0.2, 0) is 0 Å². The lowest BCUT2D eigenvalue weighted by Crippen LogP contribution is -2.60. The van der Waals surface area contributed by atoms with E-state index in [1.165, 1.54) is 25.8 Å². The highest BCUT2D eigenvalue weighted by molar-refractivity contribution is 4.99. The van der Waals surface area contributed by atoms with Crippen molar-refractivity contribution in [2.45, 2.75) is 66.0 Å².